The van der Waals surface area contributed by atoms with Crippen LogP contribution in [0.1, 0.15) is 0 Å². The van der Waals surface area contributed by atoms with Crippen molar-refractivity contribution >= 4 is 49.6 Å². The molecule has 4 rings (SSSR count). The van der Waals surface area contributed by atoms with Gasteiger partial charge in [-0.1, -0.05) is 54.1 Å². The van der Waals surface area contributed by atoms with Gasteiger partial charge in [-0.05, 0) is 24.3 Å². The lowest BCUT2D eigenvalue weighted by molar-refractivity contribution is 0.484. The van der Waals surface area contributed by atoms with E-state index >= 15 is 0 Å². The second kappa shape index (κ2) is 7.83. The van der Waals surface area contributed by atoms with Gasteiger partial charge in [-0.15, -0.1) is 10.2 Å². The van der Waals surface area contributed by atoms with Crippen LogP contribution in [0.25, 0.3) is 22.0 Å². The smallest absolute Gasteiger partial charge is 0.295 e. The molecular formula is C21H15ClN4O3S. The molecule has 0 radical (unpaired) electrons. The fourth-order valence-electron chi connectivity index (χ4n) is 3.03. The van der Waals surface area contributed by atoms with Crippen molar-refractivity contribution in [3.05, 3.63) is 77.9 Å². The predicted octanol–water partition coefficient (Wildman–Crippen LogP) is 5.80. The van der Waals surface area contributed by atoms with Crippen LogP contribution in [-0.4, -0.2) is 18.0 Å². The van der Waals surface area contributed by atoms with Gasteiger partial charge < -0.3 is 5.73 Å². The molecule has 1 heterocycles. The maximum atomic E-state index is 11.8. The summed E-state index contributed by atoms with van der Waals surface area (Å²) in [5, 5.41) is 9.52. The molecule has 3 aromatic carbocycles. The molecule has 0 aliphatic carbocycles. The van der Waals surface area contributed by atoms with Gasteiger partial charge in [0.15, 0.2) is 0 Å². The van der Waals surface area contributed by atoms with Crippen molar-refractivity contribution in [1.82, 2.24) is 4.98 Å². The fraction of sp³-hybridized carbons (Fsp3) is 0. The maximum absolute atomic E-state index is 11.8. The number of hydrogen-bond acceptors (Lipinski definition) is 6. The molecule has 0 aliphatic heterocycles. The number of pyridine rings is 1. The summed E-state index contributed by atoms with van der Waals surface area (Å²) in [5.74, 6) is 0. The van der Waals surface area contributed by atoms with E-state index in [-0.39, 0.29) is 16.3 Å². The van der Waals surface area contributed by atoms with Crippen LogP contribution in [0.4, 0.5) is 17.1 Å². The van der Waals surface area contributed by atoms with Crippen molar-refractivity contribution in [3.8, 4) is 11.3 Å². The molecule has 0 amide bonds. The highest BCUT2D eigenvalue weighted by Gasteiger charge is 2.18. The zero-order chi connectivity index (χ0) is 21.3. The molecule has 0 saturated carbocycles. The maximum Gasteiger partial charge on any atom is 0.295 e. The molecule has 0 unspecified atom stereocenters. The Labute approximate surface area is 177 Å². The molecule has 30 heavy (non-hydrogen) atoms. The van der Waals surface area contributed by atoms with E-state index in [1.54, 1.807) is 42.5 Å². The van der Waals surface area contributed by atoms with E-state index in [4.69, 9.17) is 17.3 Å². The first-order valence-electron chi connectivity index (χ1n) is 8.76. The second-order valence-corrected chi connectivity index (χ2v) is 8.21. The van der Waals surface area contributed by atoms with E-state index in [2.05, 4.69) is 15.2 Å². The number of benzene rings is 3. The van der Waals surface area contributed by atoms with E-state index in [0.29, 0.717) is 27.2 Å². The van der Waals surface area contributed by atoms with Gasteiger partial charge in [0, 0.05) is 21.4 Å². The van der Waals surface area contributed by atoms with Crippen molar-refractivity contribution in [2.75, 3.05) is 5.73 Å². The van der Waals surface area contributed by atoms with Gasteiger partial charge in [0.05, 0.1) is 17.6 Å². The molecule has 0 atom stereocenters. The zero-order valence-electron chi connectivity index (χ0n) is 15.4. The molecule has 0 saturated heterocycles. The number of halogens is 1. The van der Waals surface area contributed by atoms with Gasteiger partial charge in [-0.2, -0.15) is 8.42 Å². The van der Waals surface area contributed by atoms with Crippen LogP contribution in [0, 0.1) is 0 Å². The lowest BCUT2D eigenvalue weighted by Crippen LogP contribution is -2.01. The van der Waals surface area contributed by atoms with Gasteiger partial charge >= 0.3 is 0 Å². The number of hydrogen-bond donors (Lipinski definition) is 2. The van der Waals surface area contributed by atoms with E-state index in [9.17, 15) is 13.0 Å². The van der Waals surface area contributed by atoms with Crippen LogP contribution in [0.5, 0.6) is 0 Å². The summed E-state index contributed by atoms with van der Waals surface area (Å²) < 4.78 is 33.2. The summed E-state index contributed by atoms with van der Waals surface area (Å²) in [5.41, 5.74) is 8.43. The summed E-state index contributed by atoms with van der Waals surface area (Å²) in [6.07, 6.45) is 1.52. The minimum atomic E-state index is -4.47. The van der Waals surface area contributed by atoms with Crippen molar-refractivity contribution < 1.29 is 13.0 Å². The molecule has 7 nitrogen and oxygen atoms in total. The SMILES string of the molecule is Nc1c(/N=N/c2ccc(-c3ccccc3Cl)nc2)cc(S(=O)(=O)O)c2ccccc12. The number of nitrogen functional groups attached to an aromatic ring is 1. The lowest BCUT2D eigenvalue weighted by Gasteiger charge is -2.09. The Bertz CT molecular complexity index is 1390. The third kappa shape index (κ3) is 3.88. The van der Waals surface area contributed by atoms with Crippen molar-refractivity contribution in [3.63, 3.8) is 0 Å². The van der Waals surface area contributed by atoms with Crippen molar-refractivity contribution in [2.45, 2.75) is 4.90 Å². The molecule has 0 fully saturated rings. The average molecular weight is 439 g/mol. The van der Waals surface area contributed by atoms with E-state index in [0.717, 1.165) is 5.56 Å². The van der Waals surface area contributed by atoms with E-state index in [1.165, 1.54) is 12.3 Å². The topological polar surface area (TPSA) is 118 Å². The molecule has 4 aromatic rings. The predicted molar refractivity (Wildman–Crippen MR) is 117 cm³/mol. The Kier molecular flexibility index (Phi) is 5.21. The number of nitrogens with zero attached hydrogens (tertiary/aromatic N) is 3. The average Bonchev–Trinajstić information content (AvgIpc) is 2.73. The van der Waals surface area contributed by atoms with Crippen molar-refractivity contribution in [1.29, 1.82) is 0 Å². The summed E-state index contributed by atoms with van der Waals surface area (Å²) >= 11 is 6.19. The van der Waals surface area contributed by atoms with Gasteiger partial charge in [0.1, 0.15) is 16.3 Å². The van der Waals surface area contributed by atoms with Gasteiger partial charge in [0.2, 0.25) is 0 Å². The van der Waals surface area contributed by atoms with Crippen LogP contribution < -0.4 is 5.73 Å². The number of anilines is 1. The number of fused-ring (bicyclic) bond motifs is 1. The van der Waals surface area contributed by atoms with Gasteiger partial charge in [-0.25, -0.2) is 0 Å². The van der Waals surface area contributed by atoms with Crippen LogP contribution in [0.15, 0.2) is 88.1 Å². The number of rotatable bonds is 4. The van der Waals surface area contributed by atoms with Crippen molar-refractivity contribution in [2.24, 2.45) is 10.2 Å². The summed E-state index contributed by atoms with van der Waals surface area (Å²) in [7, 11) is -4.47. The largest absolute Gasteiger partial charge is 0.396 e. The number of nitrogens with two attached hydrogens (primary N) is 1. The molecule has 9 heteroatoms. The normalized spacial score (nSPS) is 11.9. The van der Waals surface area contributed by atoms with Gasteiger partial charge in [-0.3, -0.25) is 9.54 Å². The Balaban J connectivity index is 1.72. The Morgan fingerprint density at radius 2 is 1.63 bits per heavy atom. The molecule has 0 aliphatic rings. The highest BCUT2D eigenvalue weighted by atomic mass is 35.5. The van der Waals surface area contributed by atoms with Crippen LogP contribution >= 0.6 is 11.6 Å². The third-order valence-electron chi connectivity index (χ3n) is 4.48. The monoisotopic (exact) mass is 438 g/mol. The molecule has 3 N–H and O–H groups in total. The standard InChI is InChI=1S/C21H15ClN4O3S/c22-17-8-4-3-7-16(17)18-10-9-13(12-24-18)25-26-19-11-20(30(27,28)29)14-5-1-2-6-15(14)21(19)23/h1-12H,23H2,(H,27,28,29)/b26-25+. The molecule has 150 valence electrons. The van der Waals surface area contributed by atoms with E-state index < -0.39 is 10.1 Å². The first-order chi connectivity index (χ1) is 14.3. The lowest BCUT2D eigenvalue weighted by atomic mass is 10.1. The fourth-order valence-corrected chi connectivity index (χ4v) is 3.98. The summed E-state index contributed by atoms with van der Waals surface area (Å²) in [6.45, 7) is 0. The first kappa shape index (κ1) is 20.0. The Morgan fingerprint density at radius 1 is 0.933 bits per heavy atom. The molecular weight excluding hydrogens is 424 g/mol. The highest BCUT2D eigenvalue weighted by Crippen LogP contribution is 2.36. The number of azo groups is 1. The summed E-state index contributed by atoms with van der Waals surface area (Å²) in [6, 6.07) is 18.6. The number of aromatic nitrogens is 1. The third-order valence-corrected chi connectivity index (χ3v) is 5.70. The van der Waals surface area contributed by atoms with Crippen LogP contribution in [-0.2, 0) is 10.1 Å². The zero-order valence-corrected chi connectivity index (χ0v) is 17.0. The minimum absolute atomic E-state index is 0.122. The van der Waals surface area contributed by atoms with Gasteiger partial charge in [0.25, 0.3) is 10.1 Å². The molecule has 0 spiro atoms. The summed E-state index contributed by atoms with van der Waals surface area (Å²) in [4.78, 5) is 4.06. The Hall–Kier alpha value is -3.33. The highest BCUT2D eigenvalue weighted by molar-refractivity contribution is 7.86. The second-order valence-electron chi connectivity index (χ2n) is 6.41. The quantitative estimate of drug-likeness (QED) is 0.237. The Morgan fingerprint density at radius 3 is 2.30 bits per heavy atom. The molecule has 1 aromatic heterocycles. The minimum Gasteiger partial charge on any atom is -0.396 e. The van der Waals surface area contributed by atoms with Crippen LogP contribution in [0.2, 0.25) is 5.02 Å². The van der Waals surface area contributed by atoms with Crippen LogP contribution in [0.3, 0.4) is 0 Å². The molecule has 0 bridgehead atoms. The van der Waals surface area contributed by atoms with E-state index in [1.807, 2.05) is 18.2 Å². The first-order valence-corrected chi connectivity index (χ1v) is 10.6.